The number of hydrogen-bond acceptors (Lipinski definition) is 8. The molecule has 12 heteroatoms. The van der Waals surface area contributed by atoms with E-state index >= 15 is 0 Å². The molecular weight excluding hydrogens is 490 g/mol. The number of hydrogen-bond donors (Lipinski definition) is 3. The number of nitrogens with zero attached hydrogens (tertiary/aromatic N) is 4. The lowest BCUT2D eigenvalue weighted by atomic mass is 10.1. The maximum Gasteiger partial charge on any atom is 0.268 e. The highest BCUT2D eigenvalue weighted by Crippen LogP contribution is 2.32. The van der Waals surface area contributed by atoms with Crippen molar-refractivity contribution in [2.45, 2.75) is 23.2 Å². The minimum absolute atomic E-state index is 0.0619. The van der Waals surface area contributed by atoms with Crippen molar-refractivity contribution in [2.75, 3.05) is 7.05 Å². The third kappa shape index (κ3) is 5.57. The molecule has 4 rings (SSSR count). The number of carbonyl (C=O) groups excluding carboxylic acids is 1. The molecule has 4 aromatic rings. The van der Waals surface area contributed by atoms with E-state index in [0.717, 1.165) is 16.0 Å². The van der Waals surface area contributed by atoms with Crippen molar-refractivity contribution in [1.82, 2.24) is 24.8 Å². The molecule has 10 nitrogen and oxygen atoms in total. The summed E-state index contributed by atoms with van der Waals surface area (Å²) in [4.78, 5) is 13.1. The van der Waals surface area contributed by atoms with Gasteiger partial charge in [0.1, 0.15) is 16.0 Å². The number of phenols is 1. The summed E-state index contributed by atoms with van der Waals surface area (Å²) in [6, 6.07) is 18.2. The van der Waals surface area contributed by atoms with Crippen LogP contribution in [-0.4, -0.2) is 51.0 Å². The fourth-order valence-electron chi connectivity index (χ4n) is 3.46. The van der Waals surface area contributed by atoms with Crippen LogP contribution in [0, 0.1) is 0 Å². The van der Waals surface area contributed by atoms with E-state index in [-0.39, 0.29) is 22.9 Å². The summed E-state index contributed by atoms with van der Waals surface area (Å²) < 4.78 is 28.9. The number of aromatic nitrogens is 3. The Morgan fingerprint density at radius 1 is 1.11 bits per heavy atom. The number of phenolic OH excluding ortho intramolecular Hbond substituents is 1. The predicted octanol–water partition coefficient (Wildman–Crippen LogP) is 2.82. The lowest BCUT2D eigenvalue weighted by Crippen LogP contribution is -2.32. The van der Waals surface area contributed by atoms with Crippen molar-refractivity contribution < 1.29 is 23.5 Å². The maximum atomic E-state index is 13.1. The average Bonchev–Trinajstić information content (AvgIpc) is 3.54. The molecule has 0 saturated heterocycles. The predicted molar refractivity (Wildman–Crippen MR) is 129 cm³/mol. The molecule has 0 saturated carbocycles. The molecule has 35 heavy (non-hydrogen) atoms. The van der Waals surface area contributed by atoms with E-state index in [1.54, 1.807) is 29.7 Å². The molecule has 0 fully saturated rings. The smallest absolute Gasteiger partial charge is 0.268 e. The maximum absolute atomic E-state index is 13.1. The van der Waals surface area contributed by atoms with Gasteiger partial charge in [-0.15, -0.1) is 16.4 Å². The minimum Gasteiger partial charge on any atom is -0.508 e. The van der Waals surface area contributed by atoms with Gasteiger partial charge in [-0.25, -0.2) is 18.6 Å². The van der Waals surface area contributed by atoms with Gasteiger partial charge in [0.2, 0.25) is 0 Å². The van der Waals surface area contributed by atoms with Crippen LogP contribution in [0.2, 0.25) is 0 Å². The highest BCUT2D eigenvalue weighted by molar-refractivity contribution is 7.91. The van der Waals surface area contributed by atoms with Crippen molar-refractivity contribution in [3.8, 4) is 16.2 Å². The van der Waals surface area contributed by atoms with Crippen molar-refractivity contribution in [1.29, 1.82) is 0 Å². The number of amides is 1. The molecule has 2 aromatic heterocycles. The van der Waals surface area contributed by atoms with Crippen molar-refractivity contribution in [3.05, 3.63) is 84.2 Å². The largest absolute Gasteiger partial charge is 0.508 e. The number of carbonyl (C=O) groups is 1. The zero-order chi connectivity index (χ0) is 25.0. The first-order valence-corrected chi connectivity index (χ1v) is 12.8. The van der Waals surface area contributed by atoms with Crippen LogP contribution < -0.4 is 5.48 Å². The topological polar surface area (TPSA) is 138 Å². The normalized spacial score (nSPS) is 12.5. The Bertz CT molecular complexity index is 1400. The number of aromatic hydroxyl groups is 1. The van der Waals surface area contributed by atoms with E-state index in [0.29, 0.717) is 5.69 Å². The van der Waals surface area contributed by atoms with Crippen LogP contribution in [0.25, 0.3) is 10.4 Å². The van der Waals surface area contributed by atoms with Gasteiger partial charge >= 0.3 is 0 Å². The Balaban J connectivity index is 1.50. The fourth-order valence-corrected chi connectivity index (χ4v) is 6.12. The Morgan fingerprint density at radius 2 is 1.83 bits per heavy atom. The van der Waals surface area contributed by atoms with E-state index in [9.17, 15) is 23.5 Å². The molecule has 2 heterocycles. The van der Waals surface area contributed by atoms with Gasteiger partial charge in [0.05, 0.1) is 18.4 Å². The second kappa shape index (κ2) is 10.4. The first kappa shape index (κ1) is 24.5. The van der Waals surface area contributed by atoms with Gasteiger partial charge < -0.3 is 5.11 Å². The van der Waals surface area contributed by atoms with Gasteiger partial charge in [-0.1, -0.05) is 47.7 Å². The molecule has 0 unspecified atom stereocenters. The molecule has 1 atom stereocenters. The Hall–Kier alpha value is -3.58. The first-order chi connectivity index (χ1) is 16.8. The van der Waals surface area contributed by atoms with E-state index in [2.05, 4.69) is 10.3 Å². The summed E-state index contributed by atoms with van der Waals surface area (Å²) in [6.07, 6.45) is 1.64. The van der Waals surface area contributed by atoms with Crippen LogP contribution in [0.1, 0.15) is 17.3 Å². The summed E-state index contributed by atoms with van der Waals surface area (Å²) in [7, 11) is -2.33. The van der Waals surface area contributed by atoms with Crippen LogP contribution in [0.4, 0.5) is 0 Å². The second-order valence-corrected chi connectivity index (χ2v) is 11.2. The number of benzene rings is 2. The van der Waals surface area contributed by atoms with Gasteiger partial charge in [0, 0.05) is 18.3 Å². The van der Waals surface area contributed by atoms with Crippen LogP contribution in [0.3, 0.4) is 0 Å². The third-order valence-electron chi connectivity index (χ3n) is 5.34. The standard InChI is InChI=1S/C23H23N5O5S2/c1-27(35(32,33)22-12-11-21(34-22)17-5-3-2-4-6-17)14-18-15-28(26-24-18)20(23(30)25-31)13-16-7-9-19(29)10-8-16/h2-12,15,20,29,31H,13-14H2,1H3,(H,25,30)/t20-/m0/s1. The number of sulfonamides is 1. The van der Waals surface area contributed by atoms with E-state index in [4.69, 9.17) is 0 Å². The third-order valence-corrected chi connectivity index (χ3v) is 8.75. The summed E-state index contributed by atoms with van der Waals surface area (Å²) in [5, 5.41) is 26.6. The second-order valence-electron chi connectivity index (χ2n) is 7.80. The number of hydroxylamine groups is 1. The van der Waals surface area contributed by atoms with Crippen molar-refractivity contribution in [2.24, 2.45) is 0 Å². The lowest BCUT2D eigenvalue weighted by Gasteiger charge is -2.15. The minimum atomic E-state index is -3.78. The Morgan fingerprint density at radius 3 is 2.51 bits per heavy atom. The molecule has 3 N–H and O–H groups in total. The Kier molecular flexibility index (Phi) is 7.26. The molecule has 0 aliphatic heterocycles. The molecule has 0 aliphatic carbocycles. The molecule has 0 aliphatic rings. The zero-order valence-electron chi connectivity index (χ0n) is 18.6. The quantitative estimate of drug-likeness (QED) is 0.231. The highest BCUT2D eigenvalue weighted by atomic mass is 32.2. The number of rotatable bonds is 9. The Labute approximate surface area is 206 Å². The summed E-state index contributed by atoms with van der Waals surface area (Å²) in [6.45, 7) is -0.0619. The van der Waals surface area contributed by atoms with Crippen LogP contribution in [0.15, 0.2) is 77.1 Å². The number of thiophene rings is 1. The van der Waals surface area contributed by atoms with Crippen molar-refractivity contribution in [3.63, 3.8) is 0 Å². The highest BCUT2D eigenvalue weighted by Gasteiger charge is 2.26. The molecule has 2 aromatic carbocycles. The molecule has 1 amide bonds. The van der Waals surface area contributed by atoms with Gasteiger partial charge in [0.25, 0.3) is 15.9 Å². The van der Waals surface area contributed by atoms with E-state index < -0.39 is 22.0 Å². The van der Waals surface area contributed by atoms with Crippen LogP contribution in [-0.2, 0) is 27.8 Å². The SMILES string of the molecule is CN(Cc1cn([C@@H](Cc2ccc(O)cc2)C(=O)NO)nn1)S(=O)(=O)c1ccc(-c2ccccc2)s1. The fraction of sp³-hybridized carbons (Fsp3) is 0.174. The molecule has 0 bridgehead atoms. The van der Waals surface area contributed by atoms with Gasteiger partial charge in [-0.3, -0.25) is 10.0 Å². The first-order valence-electron chi connectivity index (χ1n) is 10.5. The summed E-state index contributed by atoms with van der Waals surface area (Å²) >= 11 is 1.18. The monoisotopic (exact) mass is 513 g/mol. The van der Waals surface area contributed by atoms with Gasteiger partial charge in [-0.2, -0.15) is 4.31 Å². The number of nitrogens with one attached hydrogen (secondary N) is 1. The molecule has 0 spiro atoms. The van der Waals surface area contributed by atoms with E-state index in [1.807, 2.05) is 30.3 Å². The molecule has 182 valence electrons. The zero-order valence-corrected chi connectivity index (χ0v) is 20.3. The van der Waals surface area contributed by atoms with Gasteiger partial charge in [-0.05, 0) is 35.4 Å². The summed E-state index contributed by atoms with van der Waals surface area (Å²) in [5.41, 5.74) is 3.61. The van der Waals surface area contributed by atoms with Crippen molar-refractivity contribution >= 4 is 27.3 Å². The molecular formula is C23H23N5O5S2. The van der Waals surface area contributed by atoms with Crippen LogP contribution in [0.5, 0.6) is 5.75 Å². The van der Waals surface area contributed by atoms with E-state index in [1.165, 1.54) is 45.7 Å². The average molecular weight is 514 g/mol. The van der Waals surface area contributed by atoms with Crippen LogP contribution >= 0.6 is 11.3 Å². The molecule has 0 radical (unpaired) electrons. The lowest BCUT2D eigenvalue weighted by molar-refractivity contribution is -0.133. The summed E-state index contributed by atoms with van der Waals surface area (Å²) in [5.74, 6) is -0.617. The van der Waals surface area contributed by atoms with Gasteiger partial charge in [0.15, 0.2) is 0 Å².